The summed E-state index contributed by atoms with van der Waals surface area (Å²) in [5, 5.41) is 11.6. The molecule has 102 valence electrons. The summed E-state index contributed by atoms with van der Waals surface area (Å²) in [7, 11) is 0. The summed E-state index contributed by atoms with van der Waals surface area (Å²) in [6.45, 7) is 4.06. The second-order valence-electron chi connectivity index (χ2n) is 5.37. The summed E-state index contributed by atoms with van der Waals surface area (Å²) >= 11 is 0. The first-order chi connectivity index (χ1) is 8.93. The van der Waals surface area contributed by atoms with Crippen molar-refractivity contribution in [2.24, 2.45) is 0 Å². The van der Waals surface area contributed by atoms with Gasteiger partial charge in [-0.15, -0.1) is 0 Å². The van der Waals surface area contributed by atoms with E-state index in [0.717, 1.165) is 5.56 Å². The number of nitrogens with one attached hydrogen (secondary N) is 1. The van der Waals surface area contributed by atoms with Gasteiger partial charge in [-0.25, -0.2) is 4.79 Å². The maximum absolute atomic E-state index is 11.8. The SMILES string of the molecule is Cc1ccc(CCC(=O)NC2(C(=O)O)CC2)c(C)c1. The molecule has 4 heteroatoms. The number of rotatable bonds is 5. The van der Waals surface area contributed by atoms with Crippen LogP contribution in [0.1, 0.15) is 36.0 Å². The minimum atomic E-state index is -0.973. The third-order valence-electron chi connectivity index (χ3n) is 3.66. The summed E-state index contributed by atoms with van der Waals surface area (Å²) < 4.78 is 0. The summed E-state index contributed by atoms with van der Waals surface area (Å²) in [6, 6.07) is 6.15. The largest absolute Gasteiger partial charge is 0.480 e. The number of carboxylic acids is 1. The second kappa shape index (κ2) is 5.03. The van der Waals surface area contributed by atoms with Gasteiger partial charge in [0.1, 0.15) is 5.54 Å². The van der Waals surface area contributed by atoms with Gasteiger partial charge in [0.25, 0.3) is 0 Å². The first-order valence-corrected chi connectivity index (χ1v) is 6.53. The van der Waals surface area contributed by atoms with Crippen LogP contribution in [0, 0.1) is 13.8 Å². The first kappa shape index (κ1) is 13.6. The molecular weight excluding hydrogens is 242 g/mol. The molecule has 0 spiro atoms. The lowest BCUT2D eigenvalue weighted by Crippen LogP contribution is -2.43. The number of benzene rings is 1. The third kappa shape index (κ3) is 3.13. The minimum Gasteiger partial charge on any atom is -0.480 e. The monoisotopic (exact) mass is 261 g/mol. The lowest BCUT2D eigenvalue weighted by atomic mass is 10.0. The molecule has 0 saturated heterocycles. The highest BCUT2D eigenvalue weighted by Gasteiger charge is 2.51. The number of carbonyl (C=O) groups excluding carboxylic acids is 1. The number of aryl methyl sites for hydroxylation is 3. The van der Waals surface area contributed by atoms with Gasteiger partial charge in [-0.1, -0.05) is 23.8 Å². The van der Waals surface area contributed by atoms with Crippen LogP contribution in [0.2, 0.25) is 0 Å². The Morgan fingerprint density at radius 1 is 1.32 bits per heavy atom. The highest BCUT2D eigenvalue weighted by Crippen LogP contribution is 2.35. The number of aliphatic carboxylic acids is 1. The molecule has 0 unspecified atom stereocenters. The van der Waals surface area contributed by atoms with E-state index in [1.807, 2.05) is 26.0 Å². The van der Waals surface area contributed by atoms with Crippen molar-refractivity contribution in [3.05, 3.63) is 34.9 Å². The normalized spacial score (nSPS) is 15.9. The molecule has 0 radical (unpaired) electrons. The van der Waals surface area contributed by atoms with Gasteiger partial charge in [0, 0.05) is 6.42 Å². The zero-order valence-electron chi connectivity index (χ0n) is 11.3. The molecule has 4 nitrogen and oxygen atoms in total. The van der Waals surface area contributed by atoms with Crippen molar-refractivity contribution in [2.75, 3.05) is 0 Å². The van der Waals surface area contributed by atoms with E-state index in [0.29, 0.717) is 25.7 Å². The molecule has 1 fully saturated rings. The molecule has 1 aliphatic rings. The van der Waals surface area contributed by atoms with Crippen molar-refractivity contribution in [2.45, 2.75) is 45.1 Å². The van der Waals surface area contributed by atoms with Gasteiger partial charge in [0.15, 0.2) is 0 Å². The lowest BCUT2D eigenvalue weighted by Gasteiger charge is -2.13. The average Bonchev–Trinajstić information content (AvgIpc) is 3.09. The molecule has 0 aliphatic heterocycles. The van der Waals surface area contributed by atoms with E-state index in [-0.39, 0.29) is 5.91 Å². The molecule has 1 aromatic carbocycles. The van der Waals surface area contributed by atoms with Crippen LogP contribution in [0.25, 0.3) is 0 Å². The number of hydrogen-bond acceptors (Lipinski definition) is 2. The molecule has 1 aliphatic carbocycles. The molecule has 0 atom stereocenters. The summed E-state index contributed by atoms with van der Waals surface area (Å²) in [4.78, 5) is 22.8. The van der Waals surface area contributed by atoms with Gasteiger partial charge in [0.2, 0.25) is 5.91 Å². The number of hydrogen-bond donors (Lipinski definition) is 2. The topological polar surface area (TPSA) is 66.4 Å². The molecule has 1 aromatic rings. The van der Waals surface area contributed by atoms with Gasteiger partial charge in [-0.2, -0.15) is 0 Å². The molecule has 2 rings (SSSR count). The van der Waals surface area contributed by atoms with Crippen LogP contribution in [0.3, 0.4) is 0 Å². The zero-order chi connectivity index (χ0) is 14.0. The van der Waals surface area contributed by atoms with Crippen LogP contribution >= 0.6 is 0 Å². The van der Waals surface area contributed by atoms with E-state index in [1.54, 1.807) is 0 Å². The van der Waals surface area contributed by atoms with Crippen molar-refractivity contribution in [3.8, 4) is 0 Å². The smallest absolute Gasteiger partial charge is 0.329 e. The molecule has 1 saturated carbocycles. The fourth-order valence-corrected chi connectivity index (χ4v) is 2.22. The second-order valence-corrected chi connectivity index (χ2v) is 5.37. The van der Waals surface area contributed by atoms with Crippen LogP contribution in [0.4, 0.5) is 0 Å². The first-order valence-electron chi connectivity index (χ1n) is 6.53. The van der Waals surface area contributed by atoms with Crippen LogP contribution < -0.4 is 5.32 Å². The van der Waals surface area contributed by atoms with Gasteiger partial charge in [-0.3, -0.25) is 4.79 Å². The van der Waals surface area contributed by atoms with Crippen LogP contribution in [0.5, 0.6) is 0 Å². The van der Waals surface area contributed by atoms with Crippen LogP contribution in [0.15, 0.2) is 18.2 Å². The number of carbonyl (C=O) groups is 2. The Bertz CT molecular complexity index is 518. The molecule has 1 amide bonds. The van der Waals surface area contributed by atoms with Crippen LogP contribution in [-0.4, -0.2) is 22.5 Å². The van der Waals surface area contributed by atoms with Crippen molar-refractivity contribution < 1.29 is 14.7 Å². The Balaban J connectivity index is 1.89. The highest BCUT2D eigenvalue weighted by atomic mass is 16.4. The average molecular weight is 261 g/mol. The highest BCUT2D eigenvalue weighted by molar-refractivity contribution is 5.89. The Morgan fingerprint density at radius 2 is 2.00 bits per heavy atom. The third-order valence-corrected chi connectivity index (χ3v) is 3.66. The number of carboxylic acid groups (broad SMARTS) is 1. The van der Waals surface area contributed by atoms with Gasteiger partial charge in [0.05, 0.1) is 0 Å². The van der Waals surface area contributed by atoms with E-state index in [2.05, 4.69) is 11.4 Å². The van der Waals surface area contributed by atoms with Crippen molar-refractivity contribution in [1.82, 2.24) is 5.32 Å². The quantitative estimate of drug-likeness (QED) is 0.851. The summed E-state index contributed by atoms with van der Waals surface area (Å²) in [6.07, 6.45) is 2.06. The van der Waals surface area contributed by atoms with Gasteiger partial charge >= 0.3 is 5.97 Å². The van der Waals surface area contributed by atoms with Crippen molar-refractivity contribution in [1.29, 1.82) is 0 Å². The van der Waals surface area contributed by atoms with E-state index in [1.165, 1.54) is 11.1 Å². The molecule has 0 aromatic heterocycles. The summed E-state index contributed by atoms with van der Waals surface area (Å²) in [5.74, 6) is -1.10. The fraction of sp³-hybridized carbons (Fsp3) is 0.467. The lowest BCUT2D eigenvalue weighted by molar-refractivity contribution is -0.143. The fourth-order valence-electron chi connectivity index (χ4n) is 2.22. The Morgan fingerprint density at radius 3 is 2.53 bits per heavy atom. The van der Waals surface area contributed by atoms with Gasteiger partial charge < -0.3 is 10.4 Å². The van der Waals surface area contributed by atoms with E-state index in [4.69, 9.17) is 5.11 Å². The molecular formula is C15H19NO3. The van der Waals surface area contributed by atoms with Gasteiger partial charge in [-0.05, 0) is 44.2 Å². The molecule has 19 heavy (non-hydrogen) atoms. The summed E-state index contributed by atoms with van der Waals surface area (Å²) in [5.41, 5.74) is 2.54. The Labute approximate surface area is 112 Å². The zero-order valence-corrected chi connectivity index (χ0v) is 11.3. The van der Waals surface area contributed by atoms with E-state index in [9.17, 15) is 9.59 Å². The Kier molecular flexibility index (Phi) is 3.60. The number of amides is 1. The van der Waals surface area contributed by atoms with Crippen molar-refractivity contribution in [3.63, 3.8) is 0 Å². The van der Waals surface area contributed by atoms with Crippen molar-refractivity contribution >= 4 is 11.9 Å². The minimum absolute atomic E-state index is 0.181. The maximum atomic E-state index is 11.8. The predicted octanol–water partition coefficient (Wildman–Crippen LogP) is 1.97. The molecule has 0 bridgehead atoms. The Hall–Kier alpha value is -1.84. The van der Waals surface area contributed by atoms with E-state index >= 15 is 0 Å². The molecule has 0 heterocycles. The predicted molar refractivity (Wildman–Crippen MR) is 72.0 cm³/mol. The standard InChI is InChI=1S/C15H19NO3/c1-10-3-4-12(11(2)9-10)5-6-13(17)16-15(7-8-15)14(18)19/h3-4,9H,5-8H2,1-2H3,(H,16,17)(H,18,19). The van der Waals surface area contributed by atoms with E-state index < -0.39 is 11.5 Å². The van der Waals surface area contributed by atoms with Crippen LogP contribution in [-0.2, 0) is 16.0 Å². The maximum Gasteiger partial charge on any atom is 0.329 e. The molecule has 2 N–H and O–H groups in total.